The van der Waals surface area contributed by atoms with Gasteiger partial charge in [0.15, 0.2) is 0 Å². The van der Waals surface area contributed by atoms with Crippen molar-refractivity contribution in [1.29, 1.82) is 0 Å². The minimum Gasteiger partial charge on any atom is -0.320 e. The van der Waals surface area contributed by atoms with Crippen LogP contribution in [0.4, 0.5) is 17.2 Å². The van der Waals surface area contributed by atoms with Gasteiger partial charge in [-0.05, 0) is 56.7 Å². The topological polar surface area (TPSA) is 62.5 Å². The number of nitrogens with zero attached hydrogens (tertiary/aromatic N) is 4. The zero-order valence-corrected chi connectivity index (χ0v) is 16.9. The van der Waals surface area contributed by atoms with Gasteiger partial charge in [-0.1, -0.05) is 48.5 Å². The first-order valence-corrected chi connectivity index (χ1v) is 9.70. The summed E-state index contributed by atoms with van der Waals surface area (Å²) in [5.74, 6) is 0.386. The summed E-state index contributed by atoms with van der Waals surface area (Å²) in [6.45, 7) is 1.53. The molecule has 0 atom stereocenters. The smallest absolute Gasteiger partial charge is 0.311 e. The molecule has 2 aromatic carbocycles. The van der Waals surface area contributed by atoms with E-state index in [1.54, 1.807) is 12.3 Å². The normalized spacial score (nSPS) is 10.9. The SMILES string of the molecule is CN(C)CCCN(c1ccccc1Cc1ccccc1)c1ncccc1[N+](=O)[O-]. The van der Waals surface area contributed by atoms with Crippen molar-refractivity contribution in [3.05, 3.63) is 94.2 Å². The molecule has 6 heteroatoms. The van der Waals surface area contributed by atoms with E-state index in [2.05, 4.69) is 28.1 Å². The molecule has 3 aromatic rings. The molecule has 1 heterocycles. The molecule has 0 fully saturated rings. The van der Waals surface area contributed by atoms with Crippen LogP contribution < -0.4 is 4.90 Å². The van der Waals surface area contributed by atoms with Crippen LogP contribution in [-0.2, 0) is 6.42 Å². The van der Waals surface area contributed by atoms with E-state index in [0.717, 1.165) is 30.6 Å². The summed E-state index contributed by atoms with van der Waals surface area (Å²) >= 11 is 0. The van der Waals surface area contributed by atoms with Crippen LogP contribution in [0.5, 0.6) is 0 Å². The fourth-order valence-corrected chi connectivity index (χ4v) is 3.36. The maximum atomic E-state index is 11.6. The monoisotopic (exact) mass is 390 g/mol. The molecule has 0 aliphatic carbocycles. The fourth-order valence-electron chi connectivity index (χ4n) is 3.36. The van der Waals surface area contributed by atoms with Gasteiger partial charge in [0.05, 0.1) is 4.92 Å². The molecule has 0 radical (unpaired) electrons. The highest BCUT2D eigenvalue weighted by Crippen LogP contribution is 2.34. The van der Waals surface area contributed by atoms with E-state index in [1.807, 2.05) is 55.4 Å². The van der Waals surface area contributed by atoms with Gasteiger partial charge in [0.25, 0.3) is 0 Å². The van der Waals surface area contributed by atoms with Crippen molar-refractivity contribution in [1.82, 2.24) is 9.88 Å². The van der Waals surface area contributed by atoms with Gasteiger partial charge in [-0.2, -0.15) is 0 Å². The maximum Gasteiger partial charge on any atom is 0.311 e. The van der Waals surface area contributed by atoms with Gasteiger partial charge in [0.1, 0.15) is 0 Å². The third-order valence-corrected chi connectivity index (χ3v) is 4.73. The number of nitro groups is 1. The number of hydrogen-bond donors (Lipinski definition) is 0. The van der Waals surface area contributed by atoms with Crippen molar-refractivity contribution in [2.75, 3.05) is 32.1 Å². The average molecular weight is 390 g/mol. The lowest BCUT2D eigenvalue weighted by Gasteiger charge is -2.26. The fraction of sp³-hybridized carbons (Fsp3) is 0.261. The first-order valence-electron chi connectivity index (χ1n) is 9.70. The number of aromatic nitrogens is 1. The standard InChI is InChI=1S/C23H26N4O2/c1-25(2)16-9-17-26(23-22(27(28)29)14-8-15-24-23)21-13-7-6-12-20(21)18-19-10-4-3-5-11-19/h3-8,10-15H,9,16-18H2,1-2H3. The molecule has 0 saturated heterocycles. The second kappa shape index (κ2) is 9.80. The van der Waals surface area contributed by atoms with Crippen LogP contribution in [0.1, 0.15) is 17.5 Å². The van der Waals surface area contributed by atoms with Crippen LogP contribution in [0.2, 0.25) is 0 Å². The summed E-state index contributed by atoms with van der Waals surface area (Å²) < 4.78 is 0. The Labute approximate surface area is 171 Å². The second-order valence-corrected chi connectivity index (χ2v) is 7.20. The van der Waals surface area contributed by atoms with Gasteiger partial charge >= 0.3 is 5.69 Å². The van der Waals surface area contributed by atoms with Gasteiger partial charge in [0.2, 0.25) is 5.82 Å². The Morgan fingerprint density at radius 1 is 0.931 bits per heavy atom. The highest BCUT2D eigenvalue weighted by molar-refractivity contribution is 5.70. The largest absolute Gasteiger partial charge is 0.320 e. The summed E-state index contributed by atoms with van der Waals surface area (Å²) in [7, 11) is 4.05. The van der Waals surface area contributed by atoms with Crippen LogP contribution in [0.3, 0.4) is 0 Å². The van der Waals surface area contributed by atoms with E-state index in [0.29, 0.717) is 12.4 Å². The third-order valence-electron chi connectivity index (χ3n) is 4.73. The Hall–Kier alpha value is -3.25. The molecule has 0 spiro atoms. The van der Waals surface area contributed by atoms with Crippen molar-refractivity contribution in [2.24, 2.45) is 0 Å². The summed E-state index contributed by atoms with van der Waals surface area (Å²) in [5.41, 5.74) is 3.29. The molecule has 1 aromatic heterocycles. The number of para-hydroxylation sites is 1. The number of anilines is 2. The van der Waals surface area contributed by atoms with Crippen molar-refractivity contribution < 1.29 is 4.92 Å². The van der Waals surface area contributed by atoms with Crippen LogP contribution in [-0.4, -0.2) is 42.0 Å². The average Bonchev–Trinajstić information content (AvgIpc) is 2.72. The van der Waals surface area contributed by atoms with Crippen molar-refractivity contribution >= 4 is 17.2 Å². The molecule has 0 bridgehead atoms. The Bertz CT molecular complexity index is 944. The maximum absolute atomic E-state index is 11.6. The van der Waals surface area contributed by atoms with Crippen LogP contribution >= 0.6 is 0 Å². The predicted octanol–water partition coefficient (Wildman–Crippen LogP) is 4.67. The highest BCUT2D eigenvalue weighted by atomic mass is 16.6. The number of hydrogen-bond acceptors (Lipinski definition) is 5. The van der Waals surface area contributed by atoms with E-state index in [-0.39, 0.29) is 10.6 Å². The second-order valence-electron chi connectivity index (χ2n) is 7.20. The van der Waals surface area contributed by atoms with Gasteiger partial charge in [-0.25, -0.2) is 4.98 Å². The predicted molar refractivity (Wildman–Crippen MR) is 117 cm³/mol. The Morgan fingerprint density at radius 3 is 2.38 bits per heavy atom. The molecule has 6 nitrogen and oxygen atoms in total. The first-order chi connectivity index (χ1) is 14.1. The zero-order valence-electron chi connectivity index (χ0n) is 16.9. The van der Waals surface area contributed by atoms with Gasteiger partial charge in [0, 0.05) is 24.5 Å². The molecule has 0 aliphatic heterocycles. The third kappa shape index (κ3) is 5.39. The van der Waals surface area contributed by atoms with Gasteiger partial charge in [-0.15, -0.1) is 0 Å². The minimum absolute atomic E-state index is 0.0202. The molecular weight excluding hydrogens is 364 g/mol. The van der Waals surface area contributed by atoms with Crippen molar-refractivity contribution in [3.63, 3.8) is 0 Å². The van der Waals surface area contributed by atoms with E-state index < -0.39 is 0 Å². The number of benzene rings is 2. The van der Waals surface area contributed by atoms with Crippen molar-refractivity contribution in [3.8, 4) is 0 Å². The summed E-state index contributed by atoms with van der Waals surface area (Å²) in [5, 5.41) is 11.6. The molecule has 3 rings (SSSR count). The van der Waals surface area contributed by atoms with Gasteiger partial charge < -0.3 is 9.80 Å². The van der Waals surface area contributed by atoms with E-state index in [1.165, 1.54) is 11.6 Å². The Balaban J connectivity index is 2.02. The molecule has 0 N–H and O–H groups in total. The van der Waals surface area contributed by atoms with E-state index >= 15 is 0 Å². The Morgan fingerprint density at radius 2 is 1.66 bits per heavy atom. The number of rotatable bonds is 9. The zero-order chi connectivity index (χ0) is 20.6. The lowest BCUT2D eigenvalue weighted by molar-refractivity contribution is -0.384. The lowest BCUT2D eigenvalue weighted by atomic mass is 10.0. The van der Waals surface area contributed by atoms with Crippen LogP contribution in [0.15, 0.2) is 72.9 Å². The molecule has 0 amide bonds. The van der Waals surface area contributed by atoms with E-state index in [4.69, 9.17) is 0 Å². The molecule has 0 saturated carbocycles. The van der Waals surface area contributed by atoms with Crippen LogP contribution in [0.25, 0.3) is 0 Å². The molecule has 0 unspecified atom stereocenters. The first kappa shape index (κ1) is 20.5. The Kier molecular flexibility index (Phi) is 6.92. The van der Waals surface area contributed by atoms with E-state index in [9.17, 15) is 10.1 Å². The summed E-state index contributed by atoms with van der Waals surface area (Å²) in [6.07, 6.45) is 3.23. The quantitative estimate of drug-likeness (QED) is 0.392. The van der Waals surface area contributed by atoms with Crippen molar-refractivity contribution in [2.45, 2.75) is 12.8 Å². The summed E-state index contributed by atoms with van der Waals surface area (Å²) in [6, 6.07) is 21.4. The summed E-state index contributed by atoms with van der Waals surface area (Å²) in [4.78, 5) is 19.8. The minimum atomic E-state index is -0.360. The molecule has 150 valence electrons. The molecular formula is C23H26N4O2. The van der Waals surface area contributed by atoms with Crippen LogP contribution in [0, 0.1) is 10.1 Å². The molecule has 29 heavy (non-hydrogen) atoms. The lowest BCUT2D eigenvalue weighted by Crippen LogP contribution is -2.25. The molecule has 0 aliphatic rings. The number of pyridine rings is 1. The van der Waals surface area contributed by atoms with Gasteiger partial charge in [-0.3, -0.25) is 10.1 Å². The highest BCUT2D eigenvalue weighted by Gasteiger charge is 2.23.